The molecule has 146 valence electrons. The van der Waals surface area contributed by atoms with E-state index in [-0.39, 0.29) is 34.8 Å². The van der Waals surface area contributed by atoms with Crippen LogP contribution in [0.25, 0.3) is 6.08 Å². The molecule has 0 aromatic heterocycles. The summed E-state index contributed by atoms with van der Waals surface area (Å²) >= 11 is 1.52. The molecule has 5 nitrogen and oxygen atoms in total. The minimum absolute atomic E-state index is 0.0206. The predicted molar refractivity (Wildman–Crippen MR) is 105 cm³/mol. The highest BCUT2D eigenvalue weighted by Gasteiger charge is 2.42. The number of amides is 2. The second-order valence-electron chi connectivity index (χ2n) is 6.96. The molecule has 1 aliphatic carbocycles. The molecule has 1 aromatic carbocycles. The molecule has 3 atom stereocenters. The maximum atomic E-state index is 13.9. The topological polar surface area (TPSA) is 58.6 Å². The monoisotopic (exact) mass is 392 g/mol. The first-order valence-corrected chi connectivity index (χ1v) is 10.1. The van der Waals surface area contributed by atoms with E-state index < -0.39 is 0 Å². The van der Waals surface area contributed by atoms with Crippen molar-refractivity contribution < 1.29 is 18.7 Å². The number of ether oxygens (including phenoxy) is 1. The van der Waals surface area contributed by atoms with Gasteiger partial charge in [-0.25, -0.2) is 4.39 Å². The number of nitrogens with zero attached hydrogens (tertiary/aromatic N) is 1. The Morgan fingerprint density at radius 2 is 2.19 bits per heavy atom. The van der Waals surface area contributed by atoms with E-state index in [1.807, 2.05) is 0 Å². The highest BCUT2D eigenvalue weighted by atomic mass is 32.2. The summed E-state index contributed by atoms with van der Waals surface area (Å²) in [7, 11) is 3.38. The lowest BCUT2D eigenvalue weighted by Gasteiger charge is -2.44. The highest BCUT2D eigenvalue weighted by molar-refractivity contribution is 8.04. The van der Waals surface area contributed by atoms with Gasteiger partial charge in [0.05, 0.1) is 11.5 Å². The fraction of sp³-hybridized carbons (Fsp3) is 0.500. The van der Waals surface area contributed by atoms with E-state index in [1.54, 1.807) is 43.3 Å². The van der Waals surface area contributed by atoms with E-state index in [1.165, 1.54) is 17.8 Å². The van der Waals surface area contributed by atoms with Crippen LogP contribution in [0.1, 0.15) is 24.8 Å². The number of thioether (sulfide) groups is 1. The number of halogens is 1. The Bertz CT molecular complexity index is 740. The lowest BCUT2D eigenvalue weighted by molar-refractivity contribution is -0.132. The Hall–Kier alpha value is -1.86. The van der Waals surface area contributed by atoms with Gasteiger partial charge in [0, 0.05) is 43.5 Å². The molecule has 2 fully saturated rings. The van der Waals surface area contributed by atoms with Crippen LogP contribution in [0.3, 0.4) is 0 Å². The van der Waals surface area contributed by atoms with Crippen LogP contribution in [0.5, 0.6) is 0 Å². The van der Waals surface area contributed by atoms with Gasteiger partial charge in [-0.1, -0.05) is 18.2 Å². The summed E-state index contributed by atoms with van der Waals surface area (Å²) in [5.74, 6) is -0.496. The van der Waals surface area contributed by atoms with Crippen molar-refractivity contribution in [3.05, 3.63) is 40.6 Å². The van der Waals surface area contributed by atoms with Gasteiger partial charge in [0.15, 0.2) is 0 Å². The van der Waals surface area contributed by atoms with Gasteiger partial charge in [-0.3, -0.25) is 9.59 Å². The molecule has 1 saturated carbocycles. The lowest BCUT2D eigenvalue weighted by Crippen LogP contribution is -2.52. The van der Waals surface area contributed by atoms with Crippen molar-refractivity contribution in [3.63, 3.8) is 0 Å². The van der Waals surface area contributed by atoms with Gasteiger partial charge in [-0.2, -0.15) is 0 Å². The van der Waals surface area contributed by atoms with E-state index in [4.69, 9.17) is 4.74 Å². The molecule has 7 heteroatoms. The summed E-state index contributed by atoms with van der Waals surface area (Å²) in [4.78, 5) is 27.4. The quantitative estimate of drug-likeness (QED) is 0.618. The van der Waals surface area contributed by atoms with Crippen LogP contribution in [0.2, 0.25) is 0 Å². The molecule has 1 aromatic rings. The van der Waals surface area contributed by atoms with Crippen LogP contribution in [-0.4, -0.2) is 55.3 Å². The zero-order valence-corrected chi connectivity index (χ0v) is 16.4. The summed E-state index contributed by atoms with van der Waals surface area (Å²) < 4.78 is 18.9. The zero-order chi connectivity index (χ0) is 19.4. The standard InChI is InChI=1S/C20H25FN2O3S/c1-23-16-11-14(19(24)22-9-10-26-2)7-8-17(16)27-18(20(23)25)12-13-5-3-4-6-15(13)21/h3-6,12,14,16-17H,7-11H2,1-2H3,(H,22,24)/b18-12-. The Balaban J connectivity index is 1.69. The predicted octanol–water partition coefficient (Wildman–Crippen LogP) is 2.67. The first-order chi connectivity index (χ1) is 13.0. The van der Waals surface area contributed by atoms with Gasteiger partial charge in [-0.15, -0.1) is 11.8 Å². The number of nitrogens with one attached hydrogen (secondary N) is 1. The average Bonchev–Trinajstić information content (AvgIpc) is 2.67. The maximum absolute atomic E-state index is 13.9. The third-order valence-electron chi connectivity index (χ3n) is 5.23. The first kappa shape index (κ1) is 19.9. The number of hydrogen-bond acceptors (Lipinski definition) is 4. The van der Waals surface area contributed by atoms with Gasteiger partial charge in [0.2, 0.25) is 5.91 Å². The van der Waals surface area contributed by atoms with Crippen molar-refractivity contribution in [3.8, 4) is 0 Å². The number of likely N-dealkylation sites (N-methyl/N-ethyl adjacent to an activating group) is 1. The molecule has 3 rings (SSSR count). The molecule has 1 aliphatic heterocycles. The number of hydrogen-bond donors (Lipinski definition) is 1. The van der Waals surface area contributed by atoms with E-state index in [0.717, 1.165) is 12.8 Å². The number of fused-ring (bicyclic) bond motifs is 1. The number of methoxy groups -OCH3 is 1. The van der Waals surface area contributed by atoms with Crippen molar-refractivity contribution in [1.29, 1.82) is 0 Å². The van der Waals surface area contributed by atoms with E-state index in [2.05, 4.69) is 5.32 Å². The smallest absolute Gasteiger partial charge is 0.260 e. The second kappa shape index (κ2) is 8.89. The molecule has 2 aliphatic rings. The Labute approximate surface area is 163 Å². The van der Waals surface area contributed by atoms with Crippen LogP contribution in [0.4, 0.5) is 4.39 Å². The van der Waals surface area contributed by atoms with Crippen LogP contribution < -0.4 is 5.32 Å². The molecule has 0 radical (unpaired) electrons. The fourth-order valence-electron chi connectivity index (χ4n) is 3.69. The van der Waals surface area contributed by atoms with Gasteiger partial charge in [0.25, 0.3) is 5.91 Å². The normalized spacial score (nSPS) is 26.8. The van der Waals surface area contributed by atoms with Crippen LogP contribution in [-0.2, 0) is 14.3 Å². The van der Waals surface area contributed by atoms with E-state index in [0.29, 0.717) is 30.0 Å². The lowest BCUT2D eigenvalue weighted by atomic mass is 9.83. The molecular weight excluding hydrogens is 367 g/mol. The van der Waals surface area contributed by atoms with E-state index >= 15 is 0 Å². The first-order valence-electron chi connectivity index (χ1n) is 9.18. The molecular formula is C20H25FN2O3S. The molecule has 0 bridgehead atoms. The highest BCUT2D eigenvalue weighted by Crippen LogP contribution is 2.43. The number of carbonyl (C=O) groups is 2. The number of benzene rings is 1. The summed E-state index contributed by atoms with van der Waals surface area (Å²) in [6.45, 7) is 0.988. The van der Waals surface area contributed by atoms with Crippen molar-refractivity contribution in [2.75, 3.05) is 27.3 Å². The van der Waals surface area contributed by atoms with E-state index in [9.17, 15) is 14.0 Å². The molecule has 1 saturated heterocycles. The third kappa shape index (κ3) is 4.52. The minimum atomic E-state index is -0.334. The summed E-state index contributed by atoms with van der Waals surface area (Å²) in [6, 6.07) is 6.47. The van der Waals surface area contributed by atoms with Gasteiger partial charge in [-0.05, 0) is 31.4 Å². The molecule has 0 spiro atoms. The minimum Gasteiger partial charge on any atom is -0.383 e. The molecule has 27 heavy (non-hydrogen) atoms. The van der Waals surface area contributed by atoms with Gasteiger partial charge >= 0.3 is 0 Å². The summed E-state index contributed by atoms with van der Waals surface area (Å²) in [5.41, 5.74) is 0.423. The van der Waals surface area contributed by atoms with Crippen molar-refractivity contribution in [1.82, 2.24) is 10.2 Å². The Morgan fingerprint density at radius 3 is 2.93 bits per heavy atom. The largest absolute Gasteiger partial charge is 0.383 e. The van der Waals surface area contributed by atoms with Crippen molar-refractivity contribution in [2.24, 2.45) is 5.92 Å². The molecule has 3 unspecified atom stereocenters. The van der Waals surface area contributed by atoms with Crippen LogP contribution in [0, 0.1) is 11.7 Å². The Morgan fingerprint density at radius 1 is 1.41 bits per heavy atom. The van der Waals surface area contributed by atoms with Gasteiger partial charge < -0.3 is 15.0 Å². The number of carbonyl (C=O) groups excluding carboxylic acids is 2. The number of rotatable bonds is 5. The van der Waals surface area contributed by atoms with Crippen LogP contribution in [0.15, 0.2) is 29.2 Å². The fourth-order valence-corrected chi connectivity index (χ4v) is 5.16. The zero-order valence-electron chi connectivity index (χ0n) is 15.6. The van der Waals surface area contributed by atoms with Crippen molar-refractivity contribution >= 4 is 29.7 Å². The molecule has 2 amide bonds. The van der Waals surface area contributed by atoms with Gasteiger partial charge in [0.1, 0.15) is 5.82 Å². The maximum Gasteiger partial charge on any atom is 0.260 e. The van der Waals surface area contributed by atoms with Crippen molar-refractivity contribution in [2.45, 2.75) is 30.6 Å². The Kier molecular flexibility index (Phi) is 6.55. The molecule has 1 N–H and O–H groups in total. The molecule has 1 heterocycles. The second-order valence-corrected chi connectivity index (χ2v) is 8.24. The third-order valence-corrected chi connectivity index (χ3v) is 6.63. The van der Waals surface area contributed by atoms with Crippen LogP contribution >= 0.6 is 11.8 Å². The summed E-state index contributed by atoms with van der Waals surface area (Å²) in [6.07, 6.45) is 3.94. The average molecular weight is 392 g/mol. The SMILES string of the molecule is COCCNC(=O)C1CCC2S/C(=C\c3ccccc3F)C(=O)N(C)C2C1. The summed E-state index contributed by atoms with van der Waals surface area (Å²) in [5, 5.41) is 3.13.